The molecule has 0 amide bonds. The lowest BCUT2D eigenvalue weighted by Crippen LogP contribution is -2.38. The van der Waals surface area contributed by atoms with Gasteiger partial charge >= 0.3 is 0 Å². The number of alkyl halides is 1. The molecule has 0 radical (unpaired) electrons. The minimum Gasteiger partial charge on any atom is -0.363 e. The number of halogens is 1. The van der Waals surface area contributed by atoms with Crippen molar-refractivity contribution in [1.29, 1.82) is 0 Å². The van der Waals surface area contributed by atoms with Crippen LogP contribution in [0.5, 0.6) is 0 Å². The zero-order chi connectivity index (χ0) is 12.5. The number of piperidine rings is 1. The Hall–Kier alpha value is -0.520. The van der Waals surface area contributed by atoms with E-state index < -0.39 is 10.0 Å². The third-order valence-electron chi connectivity index (χ3n) is 3.12. The number of hydrogen-bond donors (Lipinski definition) is 1. The predicted molar refractivity (Wildman–Crippen MR) is 67.5 cm³/mol. The number of sulfonamides is 1. The maximum Gasteiger partial charge on any atom is 0.244 e. The topological polar surface area (TPSA) is 53.2 Å². The highest BCUT2D eigenvalue weighted by Gasteiger charge is 2.29. The molecular weight excluding hydrogens is 260 g/mol. The fourth-order valence-corrected chi connectivity index (χ4v) is 3.93. The first-order valence-electron chi connectivity index (χ1n) is 5.77. The number of nitrogens with zero attached hydrogens (tertiary/aromatic N) is 1. The van der Waals surface area contributed by atoms with Gasteiger partial charge in [0.1, 0.15) is 0 Å². The lowest BCUT2D eigenvalue weighted by molar-refractivity contribution is 0.281. The van der Waals surface area contributed by atoms with Crippen molar-refractivity contribution in [2.45, 2.75) is 30.5 Å². The van der Waals surface area contributed by atoms with Gasteiger partial charge in [-0.2, -0.15) is 4.31 Å². The zero-order valence-electron chi connectivity index (χ0n) is 9.82. The molecule has 17 heavy (non-hydrogen) atoms. The summed E-state index contributed by atoms with van der Waals surface area (Å²) < 4.78 is 26.2. The highest BCUT2D eigenvalue weighted by Crippen LogP contribution is 2.24. The van der Waals surface area contributed by atoms with Crippen molar-refractivity contribution < 1.29 is 8.42 Å². The summed E-state index contributed by atoms with van der Waals surface area (Å²) in [6, 6.07) is 1.61. The Labute approximate surface area is 107 Å². The molecule has 0 saturated carbocycles. The van der Waals surface area contributed by atoms with Crippen LogP contribution in [0.2, 0.25) is 0 Å². The van der Waals surface area contributed by atoms with Crippen molar-refractivity contribution >= 4 is 21.6 Å². The summed E-state index contributed by atoms with van der Waals surface area (Å²) in [5.74, 6) is 0.733. The molecule has 1 saturated heterocycles. The van der Waals surface area contributed by atoms with Gasteiger partial charge in [-0.3, -0.25) is 0 Å². The maximum absolute atomic E-state index is 12.3. The van der Waals surface area contributed by atoms with Crippen molar-refractivity contribution in [1.82, 2.24) is 9.29 Å². The molecule has 0 aromatic carbocycles. The van der Waals surface area contributed by atoms with Gasteiger partial charge in [0.15, 0.2) is 0 Å². The summed E-state index contributed by atoms with van der Waals surface area (Å²) in [5.41, 5.74) is 0.732. The number of hydrogen-bond acceptors (Lipinski definition) is 2. The first-order chi connectivity index (χ1) is 8.04. The summed E-state index contributed by atoms with van der Waals surface area (Å²) >= 11 is 5.66. The SMILES string of the molecule is CC1CCCN(S(=O)(=O)c2c[nH]c(CCl)c2)C1. The van der Waals surface area contributed by atoms with E-state index in [1.54, 1.807) is 10.4 Å². The van der Waals surface area contributed by atoms with E-state index in [4.69, 9.17) is 11.6 Å². The number of rotatable bonds is 3. The Balaban J connectivity index is 2.23. The molecule has 1 atom stereocenters. The molecule has 1 unspecified atom stereocenters. The molecule has 1 aliphatic heterocycles. The second-order valence-corrected chi connectivity index (χ2v) is 6.81. The Bertz CT molecular complexity index is 483. The number of H-pyrrole nitrogens is 1. The zero-order valence-corrected chi connectivity index (χ0v) is 11.4. The lowest BCUT2D eigenvalue weighted by atomic mass is 10.0. The second-order valence-electron chi connectivity index (χ2n) is 4.60. The third-order valence-corrected chi connectivity index (χ3v) is 5.25. The van der Waals surface area contributed by atoms with Gasteiger partial charge in [0.25, 0.3) is 0 Å². The van der Waals surface area contributed by atoms with Gasteiger partial charge in [-0.1, -0.05) is 6.92 Å². The van der Waals surface area contributed by atoms with Crippen molar-refractivity contribution in [2.24, 2.45) is 5.92 Å². The molecule has 1 aliphatic rings. The average Bonchev–Trinajstić information content (AvgIpc) is 2.78. The monoisotopic (exact) mass is 276 g/mol. The van der Waals surface area contributed by atoms with Gasteiger partial charge in [0.2, 0.25) is 10.0 Å². The average molecular weight is 277 g/mol. The van der Waals surface area contributed by atoms with E-state index in [1.165, 1.54) is 6.20 Å². The molecule has 2 rings (SSSR count). The van der Waals surface area contributed by atoms with Gasteiger partial charge in [0.05, 0.1) is 10.8 Å². The molecule has 6 heteroatoms. The van der Waals surface area contributed by atoms with Crippen LogP contribution >= 0.6 is 11.6 Å². The van der Waals surface area contributed by atoms with Gasteiger partial charge in [0, 0.05) is 25.0 Å². The Morgan fingerprint density at radius 2 is 2.35 bits per heavy atom. The van der Waals surface area contributed by atoms with Gasteiger partial charge in [-0.05, 0) is 24.8 Å². The summed E-state index contributed by atoms with van der Waals surface area (Å²) in [6.45, 7) is 3.32. The number of aromatic nitrogens is 1. The molecule has 96 valence electrons. The van der Waals surface area contributed by atoms with Crippen LogP contribution in [-0.2, 0) is 15.9 Å². The minimum absolute atomic E-state index is 0.298. The second kappa shape index (κ2) is 5.00. The van der Waals surface area contributed by atoms with E-state index in [9.17, 15) is 8.42 Å². The third kappa shape index (κ3) is 2.67. The lowest BCUT2D eigenvalue weighted by Gasteiger charge is -2.29. The standard InChI is InChI=1S/C11H17ClN2O2S/c1-9-3-2-4-14(8-9)17(15,16)11-5-10(6-12)13-7-11/h5,7,9,13H,2-4,6,8H2,1H3. The fourth-order valence-electron chi connectivity index (χ4n) is 2.16. The largest absolute Gasteiger partial charge is 0.363 e. The van der Waals surface area contributed by atoms with Crippen molar-refractivity contribution in [3.63, 3.8) is 0 Å². The molecule has 2 heterocycles. The molecule has 0 aliphatic carbocycles. The molecule has 1 fully saturated rings. The first kappa shape index (κ1) is 12.9. The van der Waals surface area contributed by atoms with Gasteiger partial charge in [-0.15, -0.1) is 11.6 Å². The predicted octanol–water partition coefficient (Wildman–Crippen LogP) is 2.17. The molecule has 1 N–H and O–H groups in total. The minimum atomic E-state index is -3.34. The van der Waals surface area contributed by atoms with Gasteiger partial charge in [-0.25, -0.2) is 8.42 Å². The van der Waals surface area contributed by atoms with Crippen molar-refractivity contribution in [3.8, 4) is 0 Å². The van der Waals surface area contributed by atoms with Gasteiger partial charge < -0.3 is 4.98 Å². The van der Waals surface area contributed by atoms with Crippen LogP contribution < -0.4 is 0 Å². The molecular formula is C11H17ClN2O2S. The van der Waals surface area contributed by atoms with Crippen molar-refractivity contribution in [3.05, 3.63) is 18.0 Å². The Morgan fingerprint density at radius 1 is 1.59 bits per heavy atom. The maximum atomic E-state index is 12.3. The van der Waals surface area contributed by atoms with Crippen LogP contribution in [0.3, 0.4) is 0 Å². The van der Waals surface area contributed by atoms with Crippen LogP contribution in [-0.4, -0.2) is 30.8 Å². The number of nitrogens with one attached hydrogen (secondary N) is 1. The number of aromatic amines is 1. The Morgan fingerprint density at radius 3 is 2.94 bits per heavy atom. The summed E-state index contributed by atoms with van der Waals surface area (Å²) in [6.07, 6.45) is 3.56. The molecule has 0 bridgehead atoms. The van der Waals surface area contributed by atoms with Crippen LogP contribution in [0, 0.1) is 5.92 Å². The van der Waals surface area contributed by atoms with E-state index in [1.807, 2.05) is 0 Å². The molecule has 1 aromatic rings. The van der Waals surface area contributed by atoms with E-state index >= 15 is 0 Å². The molecule has 0 spiro atoms. The van der Waals surface area contributed by atoms with Crippen molar-refractivity contribution in [2.75, 3.05) is 13.1 Å². The van der Waals surface area contributed by atoms with E-state index in [0.29, 0.717) is 29.8 Å². The van der Waals surface area contributed by atoms with E-state index in [0.717, 1.165) is 18.5 Å². The highest BCUT2D eigenvalue weighted by atomic mass is 35.5. The quantitative estimate of drug-likeness (QED) is 0.861. The molecule has 4 nitrogen and oxygen atoms in total. The summed E-state index contributed by atoms with van der Waals surface area (Å²) in [7, 11) is -3.34. The summed E-state index contributed by atoms with van der Waals surface area (Å²) in [4.78, 5) is 3.20. The first-order valence-corrected chi connectivity index (χ1v) is 7.75. The Kier molecular flexibility index (Phi) is 3.80. The van der Waals surface area contributed by atoms with Crippen LogP contribution in [0.1, 0.15) is 25.5 Å². The summed E-state index contributed by atoms with van der Waals surface area (Å²) in [5, 5.41) is 0. The van der Waals surface area contributed by atoms with Crippen LogP contribution in [0.25, 0.3) is 0 Å². The highest BCUT2D eigenvalue weighted by molar-refractivity contribution is 7.89. The fraction of sp³-hybridized carbons (Fsp3) is 0.636. The van der Waals surface area contributed by atoms with Crippen LogP contribution in [0.15, 0.2) is 17.2 Å². The smallest absolute Gasteiger partial charge is 0.244 e. The normalized spacial score (nSPS) is 22.8. The molecule has 1 aromatic heterocycles. The van der Waals surface area contributed by atoms with E-state index in [-0.39, 0.29) is 0 Å². The van der Waals surface area contributed by atoms with E-state index in [2.05, 4.69) is 11.9 Å². The van der Waals surface area contributed by atoms with Crippen LogP contribution in [0.4, 0.5) is 0 Å².